The van der Waals surface area contributed by atoms with Crippen LogP contribution in [0.2, 0.25) is 0 Å². The molecule has 1 fully saturated rings. The molecule has 0 saturated carbocycles. The van der Waals surface area contributed by atoms with Crippen LogP contribution in [0.1, 0.15) is 39.5 Å². The van der Waals surface area contributed by atoms with Gasteiger partial charge in [-0.15, -0.1) is 0 Å². The van der Waals surface area contributed by atoms with Gasteiger partial charge in [-0.05, 0) is 49.4 Å². The summed E-state index contributed by atoms with van der Waals surface area (Å²) in [5.41, 5.74) is 2.63. The maximum Gasteiger partial charge on any atom is 0.0367 e. The molecule has 1 saturated heterocycles. The summed E-state index contributed by atoms with van der Waals surface area (Å²) in [6, 6.07) is 8.93. The smallest absolute Gasteiger partial charge is 0.0367 e. The van der Waals surface area contributed by atoms with Crippen LogP contribution < -0.4 is 10.2 Å². The Morgan fingerprint density at radius 2 is 1.83 bits per heavy atom. The van der Waals surface area contributed by atoms with Crippen LogP contribution in [0, 0.1) is 5.92 Å². The molecule has 2 rings (SSSR count). The molecule has 18 heavy (non-hydrogen) atoms. The molecule has 0 aliphatic carbocycles. The van der Waals surface area contributed by atoms with Gasteiger partial charge in [0.05, 0.1) is 0 Å². The maximum absolute atomic E-state index is 3.53. The van der Waals surface area contributed by atoms with E-state index in [1.807, 2.05) is 0 Å². The van der Waals surface area contributed by atoms with Crippen molar-refractivity contribution in [2.75, 3.05) is 29.9 Å². The Hall–Kier alpha value is -1.18. The zero-order chi connectivity index (χ0) is 12.8. The highest BCUT2D eigenvalue weighted by Crippen LogP contribution is 2.22. The molecule has 0 radical (unpaired) electrons. The number of anilines is 2. The molecule has 0 amide bonds. The Balaban J connectivity index is 1.83. The van der Waals surface area contributed by atoms with Crippen molar-refractivity contribution in [2.24, 2.45) is 5.92 Å². The molecule has 1 aromatic carbocycles. The second kappa shape index (κ2) is 6.67. The molecule has 1 aliphatic heterocycles. The van der Waals surface area contributed by atoms with Crippen LogP contribution in [0.5, 0.6) is 0 Å². The second-order valence-electron chi connectivity index (χ2n) is 5.52. The van der Waals surface area contributed by atoms with Gasteiger partial charge >= 0.3 is 0 Å². The van der Waals surface area contributed by atoms with Crippen LogP contribution in [0.3, 0.4) is 0 Å². The number of nitrogens with one attached hydrogen (secondary N) is 1. The van der Waals surface area contributed by atoms with Crippen LogP contribution >= 0.6 is 0 Å². The molecule has 1 N–H and O–H groups in total. The SMILES string of the molecule is CCCC(C)CNc1ccc(N2CCCC2)cc1. The predicted molar refractivity (Wildman–Crippen MR) is 80.5 cm³/mol. The molecule has 1 aromatic rings. The third-order valence-corrected chi connectivity index (χ3v) is 3.77. The number of nitrogens with zero attached hydrogens (tertiary/aromatic N) is 1. The number of rotatable bonds is 6. The summed E-state index contributed by atoms with van der Waals surface area (Å²) in [4.78, 5) is 2.48. The monoisotopic (exact) mass is 246 g/mol. The zero-order valence-electron chi connectivity index (χ0n) is 11.8. The Kier molecular flexibility index (Phi) is 4.91. The minimum Gasteiger partial charge on any atom is -0.385 e. The highest BCUT2D eigenvalue weighted by molar-refractivity contribution is 5.55. The second-order valence-corrected chi connectivity index (χ2v) is 5.52. The third-order valence-electron chi connectivity index (χ3n) is 3.77. The van der Waals surface area contributed by atoms with E-state index >= 15 is 0 Å². The van der Waals surface area contributed by atoms with Crippen LogP contribution in [0.15, 0.2) is 24.3 Å². The molecular weight excluding hydrogens is 220 g/mol. The first-order valence-electron chi connectivity index (χ1n) is 7.38. The lowest BCUT2D eigenvalue weighted by atomic mass is 10.1. The fourth-order valence-electron chi connectivity index (χ4n) is 2.65. The van der Waals surface area contributed by atoms with Gasteiger partial charge in [0.1, 0.15) is 0 Å². The van der Waals surface area contributed by atoms with Gasteiger partial charge in [0, 0.05) is 31.0 Å². The van der Waals surface area contributed by atoms with Crippen molar-refractivity contribution in [2.45, 2.75) is 39.5 Å². The van der Waals surface area contributed by atoms with Gasteiger partial charge in [0.25, 0.3) is 0 Å². The molecule has 0 aromatic heterocycles. The summed E-state index contributed by atoms with van der Waals surface area (Å²) in [5.74, 6) is 0.758. The summed E-state index contributed by atoms with van der Waals surface area (Å²) in [7, 11) is 0. The molecule has 1 unspecified atom stereocenters. The van der Waals surface area contributed by atoms with E-state index < -0.39 is 0 Å². The normalized spacial score (nSPS) is 16.9. The first kappa shape index (κ1) is 13.3. The Bertz CT molecular complexity index is 339. The minimum atomic E-state index is 0.758. The van der Waals surface area contributed by atoms with Crippen LogP contribution in [0.25, 0.3) is 0 Å². The standard InChI is InChI=1S/C16H26N2/c1-3-6-14(2)13-17-15-7-9-16(10-8-15)18-11-4-5-12-18/h7-10,14,17H,3-6,11-13H2,1-2H3. The average molecular weight is 246 g/mol. The summed E-state index contributed by atoms with van der Waals surface area (Å²) < 4.78 is 0. The van der Waals surface area contributed by atoms with E-state index in [9.17, 15) is 0 Å². The van der Waals surface area contributed by atoms with E-state index in [1.54, 1.807) is 0 Å². The summed E-state index contributed by atoms with van der Waals surface area (Å²) in [6.45, 7) is 8.09. The number of hydrogen-bond acceptors (Lipinski definition) is 2. The molecule has 1 heterocycles. The summed E-state index contributed by atoms with van der Waals surface area (Å²) >= 11 is 0. The molecule has 2 heteroatoms. The highest BCUT2D eigenvalue weighted by Gasteiger charge is 2.11. The molecule has 100 valence electrons. The highest BCUT2D eigenvalue weighted by atomic mass is 15.1. The van der Waals surface area contributed by atoms with Crippen molar-refractivity contribution >= 4 is 11.4 Å². The first-order chi connectivity index (χ1) is 8.79. The Morgan fingerprint density at radius 1 is 1.17 bits per heavy atom. The van der Waals surface area contributed by atoms with E-state index in [-0.39, 0.29) is 0 Å². The van der Waals surface area contributed by atoms with Gasteiger partial charge < -0.3 is 10.2 Å². The van der Waals surface area contributed by atoms with Crippen molar-refractivity contribution in [1.29, 1.82) is 0 Å². The fraction of sp³-hybridized carbons (Fsp3) is 0.625. The van der Waals surface area contributed by atoms with Crippen molar-refractivity contribution in [3.63, 3.8) is 0 Å². The van der Waals surface area contributed by atoms with Crippen molar-refractivity contribution < 1.29 is 0 Å². The van der Waals surface area contributed by atoms with E-state index in [1.165, 1.54) is 50.1 Å². The van der Waals surface area contributed by atoms with Crippen LogP contribution in [-0.4, -0.2) is 19.6 Å². The molecule has 0 spiro atoms. The number of benzene rings is 1. The van der Waals surface area contributed by atoms with Crippen LogP contribution in [-0.2, 0) is 0 Å². The fourth-order valence-corrected chi connectivity index (χ4v) is 2.65. The minimum absolute atomic E-state index is 0.758. The molecule has 1 aliphatic rings. The third kappa shape index (κ3) is 3.66. The average Bonchev–Trinajstić information content (AvgIpc) is 2.91. The van der Waals surface area contributed by atoms with Crippen molar-refractivity contribution in [3.8, 4) is 0 Å². The van der Waals surface area contributed by atoms with Crippen molar-refractivity contribution in [1.82, 2.24) is 0 Å². The van der Waals surface area contributed by atoms with Gasteiger partial charge in [0.2, 0.25) is 0 Å². The lowest BCUT2D eigenvalue weighted by Crippen LogP contribution is -2.17. The molecular formula is C16H26N2. The van der Waals surface area contributed by atoms with Gasteiger partial charge in [-0.25, -0.2) is 0 Å². The Morgan fingerprint density at radius 3 is 2.44 bits per heavy atom. The van der Waals surface area contributed by atoms with Crippen LogP contribution in [0.4, 0.5) is 11.4 Å². The van der Waals surface area contributed by atoms with Gasteiger partial charge in [-0.3, -0.25) is 0 Å². The quantitative estimate of drug-likeness (QED) is 0.811. The molecule has 1 atom stereocenters. The van der Waals surface area contributed by atoms with Gasteiger partial charge in [-0.2, -0.15) is 0 Å². The summed E-state index contributed by atoms with van der Waals surface area (Å²) in [6.07, 6.45) is 5.26. The van der Waals surface area contributed by atoms with Crippen molar-refractivity contribution in [3.05, 3.63) is 24.3 Å². The van der Waals surface area contributed by atoms with E-state index in [0.29, 0.717) is 0 Å². The zero-order valence-corrected chi connectivity index (χ0v) is 11.8. The summed E-state index contributed by atoms with van der Waals surface area (Å²) in [5, 5.41) is 3.53. The number of hydrogen-bond donors (Lipinski definition) is 1. The largest absolute Gasteiger partial charge is 0.385 e. The Labute approximate surface area is 111 Å². The first-order valence-corrected chi connectivity index (χ1v) is 7.38. The van der Waals surface area contributed by atoms with E-state index in [2.05, 4.69) is 48.3 Å². The van der Waals surface area contributed by atoms with E-state index in [0.717, 1.165) is 12.5 Å². The lowest BCUT2D eigenvalue weighted by molar-refractivity contribution is 0.551. The van der Waals surface area contributed by atoms with Gasteiger partial charge in [0.15, 0.2) is 0 Å². The lowest BCUT2D eigenvalue weighted by Gasteiger charge is -2.18. The molecule has 2 nitrogen and oxygen atoms in total. The van der Waals surface area contributed by atoms with E-state index in [4.69, 9.17) is 0 Å². The molecule has 0 bridgehead atoms. The maximum atomic E-state index is 3.53. The predicted octanol–water partition coefficient (Wildman–Crippen LogP) is 4.13. The van der Waals surface area contributed by atoms with Gasteiger partial charge in [-0.1, -0.05) is 20.3 Å². The topological polar surface area (TPSA) is 15.3 Å².